The number of anilines is 1. The SMILES string of the molecule is COc1nc(Cl)c(N)cc1F. The molecule has 0 aliphatic carbocycles. The van der Waals surface area contributed by atoms with Crippen molar-refractivity contribution in [3.63, 3.8) is 0 Å². The Hall–Kier alpha value is -1.03. The summed E-state index contributed by atoms with van der Waals surface area (Å²) < 4.78 is 17.3. The van der Waals surface area contributed by atoms with Crippen molar-refractivity contribution >= 4 is 17.3 Å². The Morgan fingerprint density at radius 2 is 2.36 bits per heavy atom. The van der Waals surface area contributed by atoms with Gasteiger partial charge in [0.25, 0.3) is 5.88 Å². The molecule has 1 heterocycles. The van der Waals surface area contributed by atoms with Crippen molar-refractivity contribution in [2.24, 2.45) is 0 Å². The summed E-state index contributed by atoms with van der Waals surface area (Å²) in [7, 11) is 1.30. The van der Waals surface area contributed by atoms with E-state index < -0.39 is 5.82 Å². The van der Waals surface area contributed by atoms with Gasteiger partial charge in [-0.1, -0.05) is 11.6 Å². The highest BCUT2D eigenvalue weighted by molar-refractivity contribution is 6.31. The second-order valence-electron chi connectivity index (χ2n) is 1.86. The molecule has 1 aromatic rings. The number of pyridine rings is 1. The fourth-order valence-electron chi connectivity index (χ4n) is 0.608. The molecule has 0 amide bonds. The Labute approximate surface area is 67.9 Å². The second kappa shape index (κ2) is 2.92. The van der Waals surface area contributed by atoms with Crippen LogP contribution in [0.5, 0.6) is 5.88 Å². The zero-order chi connectivity index (χ0) is 8.43. The van der Waals surface area contributed by atoms with Gasteiger partial charge < -0.3 is 10.5 Å². The molecule has 0 radical (unpaired) electrons. The number of ether oxygens (including phenoxy) is 1. The minimum atomic E-state index is -0.616. The lowest BCUT2D eigenvalue weighted by molar-refractivity contribution is 0.369. The summed E-state index contributed by atoms with van der Waals surface area (Å²) in [6.07, 6.45) is 0. The quantitative estimate of drug-likeness (QED) is 0.660. The number of rotatable bonds is 1. The summed E-state index contributed by atoms with van der Waals surface area (Å²) in [6, 6.07) is 1.06. The van der Waals surface area contributed by atoms with Gasteiger partial charge in [0.1, 0.15) is 0 Å². The third-order valence-electron chi connectivity index (χ3n) is 1.12. The van der Waals surface area contributed by atoms with Crippen LogP contribution < -0.4 is 10.5 Å². The maximum Gasteiger partial charge on any atom is 0.251 e. The molecule has 0 aliphatic heterocycles. The van der Waals surface area contributed by atoms with E-state index in [0.29, 0.717) is 0 Å². The van der Waals surface area contributed by atoms with Gasteiger partial charge in [0.05, 0.1) is 12.8 Å². The predicted octanol–water partition coefficient (Wildman–Crippen LogP) is 1.46. The summed E-state index contributed by atoms with van der Waals surface area (Å²) in [6.45, 7) is 0. The average molecular weight is 177 g/mol. The zero-order valence-corrected chi connectivity index (χ0v) is 6.52. The molecule has 0 aliphatic rings. The summed E-state index contributed by atoms with van der Waals surface area (Å²) in [4.78, 5) is 3.53. The van der Waals surface area contributed by atoms with Gasteiger partial charge in [0.2, 0.25) is 0 Å². The van der Waals surface area contributed by atoms with Crippen LogP contribution in [0.25, 0.3) is 0 Å². The topological polar surface area (TPSA) is 48.1 Å². The van der Waals surface area contributed by atoms with E-state index in [1.54, 1.807) is 0 Å². The molecule has 0 fully saturated rings. The van der Waals surface area contributed by atoms with Crippen molar-refractivity contribution < 1.29 is 9.13 Å². The largest absolute Gasteiger partial charge is 0.479 e. The van der Waals surface area contributed by atoms with Crippen molar-refractivity contribution in [1.29, 1.82) is 0 Å². The van der Waals surface area contributed by atoms with Gasteiger partial charge in [-0.25, -0.2) is 4.39 Å². The van der Waals surface area contributed by atoms with E-state index in [-0.39, 0.29) is 16.7 Å². The molecule has 0 unspecified atom stereocenters. The monoisotopic (exact) mass is 176 g/mol. The van der Waals surface area contributed by atoms with Gasteiger partial charge in [-0.15, -0.1) is 0 Å². The molecule has 60 valence electrons. The molecule has 1 aromatic heterocycles. The molecule has 0 atom stereocenters. The maximum absolute atomic E-state index is 12.7. The van der Waals surface area contributed by atoms with Crippen LogP contribution in [0, 0.1) is 5.82 Å². The number of nitrogen functional groups attached to an aromatic ring is 1. The first-order valence-corrected chi connectivity index (χ1v) is 3.18. The van der Waals surface area contributed by atoms with Crippen LogP contribution in [-0.4, -0.2) is 12.1 Å². The van der Waals surface area contributed by atoms with Crippen LogP contribution in [0.15, 0.2) is 6.07 Å². The Morgan fingerprint density at radius 3 is 2.91 bits per heavy atom. The number of hydrogen-bond acceptors (Lipinski definition) is 3. The summed E-state index contributed by atoms with van der Waals surface area (Å²) in [5, 5.41) is 0.0447. The van der Waals surface area contributed by atoms with Gasteiger partial charge in [-0.3, -0.25) is 0 Å². The molecule has 0 aromatic carbocycles. The molecule has 2 N–H and O–H groups in total. The number of nitrogens with zero attached hydrogens (tertiary/aromatic N) is 1. The van der Waals surface area contributed by atoms with Gasteiger partial charge in [-0.2, -0.15) is 4.98 Å². The minimum absolute atomic E-state index is 0.0447. The van der Waals surface area contributed by atoms with Crippen molar-refractivity contribution in [3.8, 4) is 5.88 Å². The van der Waals surface area contributed by atoms with E-state index in [4.69, 9.17) is 17.3 Å². The van der Waals surface area contributed by atoms with Crippen molar-refractivity contribution in [1.82, 2.24) is 4.98 Å². The van der Waals surface area contributed by atoms with Crippen LogP contribution in [0.3, 0.4) is 0 Å². The average Bonchev–Trinajstić information content (AvgIpc) is 1.97. The summed E-state index contributed by atoms with van der Waals surface area (Å²) >= 11 is 5.48. The number of nitrogens with two attached hydrogens (primary N) is 1. The smallest absolute Gasteiger partial charge is 0.251 e. The van der Waals surface area contributed by atoms with Gasteiger partial charge in [-0.05, 0) is 0 Å². The van der Waals surface area contributed by atoms with E-state index in [1.165, 1.54) is 7.11 Å². The molecule has 0 saturated carbocycles. The van der Waals surface area contributed by atoms with Crippen LogP contribution >= 0.6 is 11.6 Å². The molecule has 0 spiro atoms. The Balaban J connectivity index is 3.21. The highest BCUT2D eigenvalue weighted by Gasteiger charge is 2.07. The van der Waals surface area contributed by atoms with Crippen LogP contribution in [-0.2, 0) is 0 Å². The number of methoxy groups -OCH3 is 1. The summed E-state index contributed by atoms with van der Waals surface area (Å²) in [5.41, 5.74) is 5.36. The fourth-order valence-corrected chi connectivity index (χ4v) is 0.739. The fraction of sp³-hybridized carbons (Fsp3) is 0.167. The van der Waals surface area contributed by atoms with E-state index >= 15 is 0 Å². The van der Waals surface area contributed by atoms with E-state index in [9.17, 15) is 4.39 Å². The second-order valence-corrected chi connectivity index (χ2v) is 2.22. The third-order valence-corrected chi connectivity index (χ3v) is 1.42. The van der Waals surface area contributed by atoms with Crippen molar-refractivity contribution in [2.45, 2.75) is 0 Å². The van der Waals surface area contributed by atoms with E-state index in [0.717, 1.165) is 6.07 Å². The number of halogens is 2. The Morgan fingerprint density at radius 1 is 1.73 bits per heavy atom. The Kier molecular flexibility index (Phi) is 2.14. The molecular weight excluding hydrogens is 171 g/mol. The molecule has 0 saturated heterocycles. The minimum Gasteiger partial charge on any atom is -0.479 e. The normalized spacial score (nSPS) is 9.73. The highest BCUT2D eigenvalue weighted by Crippen LogP contribution is 2.22. The van der Waals surface area contributed by atoms with Crippen molar-refractivity contribution in [2.75, 3.05) is 12.8 Å². The zero-order valence-electron chi connectivity index (χ0n) is 5.77. The predicted molar refractivity (Wildman–Crippen MR) is 40.2 cm³/mol. The van der Waals surface area contributed by atoms with Crippen LogP contribution in [0.2, 0.25) is 5.15 Å². The van der Waals surface area contributed by atoms with Crippen LogP contribution in [0.1, 0.15) is 0 Å². The lowest BCUT2D eigenvalue weighted by Crippen LogP contribution is -1.96. The van der Waals surface area contributed by atoms with E-state index in [1.807, 2.05) is 0 Å². The number of aromatic nitrogens is 1. The van der Waals surface area contributed by atoms with Crippen molar-refractivity contribution in [3.05, 3.63) is 17.0 Å². The number of hydrogen-bond donors (Lipinski definition) is 1. The molecule has 0 bridgehead atoms. The maximum atomic E-state index is 12.7. The van der Waals surface area contributed by atoms with Crippen LogP contribution in [0.4, 0.5) is 10.1 Å². The standard InChI is InChI=1S/C6H6ClFN2O/c1-11-6-3(8)2-4(9)5(7)10-6/h2H,9H2,1H3. The Bertz CT molecular complexity index is 280. The molecule has 1 rings (SSSR count). The van der Waals surface area contributed by atoms with Gasteiger partial charge >= 0.3 is 0 Å². The lowest BCUT2D eigenvalue weighted by atomic mass is 10.4. The molecule has 3 nitrogen and oxygen atoms in total. The third kappa shape index (κ3) is 1.51. The van der Waals surface area contributed by atoms with Gasteiger partial charge in [0.15, 0.2) is 11.0 Å². The van der Waals surface area contributed by atoms with Gasteiger partial charge in [0, 0.05) is 6.07 Å². The molecular formula is C6H6ClFN2O. The molecule has 11 heavy (non-hydrogen) atoms. The molecule has 5 heteroatoms. The first kappa shape index (κ1) is 8.07. The van der Waals surface area contributed by atoms with E-state index in [2.05, 4.69) is 9.72 Å². The summed E-state index contributed by atoms with van der Waals surface area (Å²) in [5.74, 6) is -0.765. The first-order valence-electron chi connectivity index (χ1n) is 2.80. The first-order chi connectivity index (χ1) is 5.15. The highest BCUT2D eigenvalue weighted by atomic mass is 35.5. The lowest BCUT2D eigenvalue weighted by Gasteiger charge is -2.01.